The van der Waals surface area contributed by atoms with Crippen molar-refractivity contribution in [1.29, 1.82) is 0 Å². The largest absolute Gasteiger partial charge is 0.379 e. The van der Waals surface area contributed by atoms with Crippen LogP contribution < -0.4 is 0 Å². The number of morpholine rings is 1. The number of aromatic nitrogens is 1. The highest BCUT2D eigenvalue weighted by molar-refractivity contribution is 5.94. The van der Waals surface area contributed by atoms with Gasteiger partial charge in [-0.1, -0.05) is 0 Å². The van der Waals surface area contributed by atoms with E-state index >= 15 is 0 Å². The molecule has 3 aliphatic rings. The summed E-state index contributed by atoms with van der Waals surface area (Å²) in [4.78, 5) is 21.8. The lowest BCUT2D eigenvalue weighted by Gasteiger charge is -2.50. The van der Waals surface area contributed by atoms with Crippen molar-refractivity contribution in [3.63, 3.8) is 0 Å². The monoisotopic (exact) mass is 345 g/mol. The van der Waals surface area contributed by atoms with E-state index in [-0.39, 0.29) is 18.1 Å². The number of aryl methyl sites for hydroxylation is 1. The minimum Gasteiger partial charge on any atom is -0.379 e. The van der Waals surface area contributed by atoms with Crippen molar-refractivity contribution < 1.29 is 14.3 Å². The summed E-state index contributed by atoms with van der Waals surface area (Å²) in [6.07, 6.45) is 4.17. The van der Waals surface area contributed by atoms with Crippen LogP contribution in [0.1, 0.15) is 28.9 Å². The van der Waals surface area contributed by atoms with E-state index in [0.717, 1.165) is 64.5 Å². The maximum absolute atomic E-state index is 13.0. The lowest BCUT2D eigenvalue weighted by atomic mass is 9.84. The van der Waals surface area contributed by atoms with Crippen molar-refractivity contribution >= 4 is 5.91 Å². The maximum atomic E-state index is 13.0. The second kappa shape index (κ2) is 7.40. The highest BCUT2D eigenvalue weighted by Crippen LogP contribution is 2.32. The highest BCUT2D eigenvalue weighted by Gasteiger charge is 2.43. The van der Waals surface area contributed by atoms with Crippen molar-refractivity contribution in [1.82, 2.24) is 14.8 Å². The summed E-state index contributed by atoms with van der Waals surface area (Å²) in [6.45, 7) is 7.68. The molecule has 1 aromatic heterocycles. The molecule has 6 nitrogen and oxygen atoms in total. The zero-order valence-corrected chi connectivity index (χ0v) is 14.9. The SMILES string of the molecule is Cc1ccc(C(=O)N2C[C@@H]3CCCO[C@@H]3[C@H](N3CCOCC3)C2)cn1. The van der Waals surface area contributed by atoms with Gasteiger partial charge in [-0.05, 0) is 31.9 Å². The molecule has 0 radical (unpaired) electrons. The van der Waals surface area contributed by atoms with E-state index in [1.807, 2.05) is 24.0 Å². The summed E-state index contributed by atoms with van der Waals surface area (Å²) in [6, 6.07) is 4.06. The van der Waals surface area contributed by atoms with Gasteiger partial charge in [0.25, 0.3) is 5.91 Å². The summed E-state index contributed by atoms with van der Waals surface area (Å²) in [5, 5.41) is 0. The number of likely N-dealkylation sites (tertiary alicyclic amines) is 1. The van der Waals surface area contributed by atoms with E-state index < -0.39 is 0 Å². The summed E-state index contributed by atoms with van der Waals surface area (Å²) >= 11 is 0. The molecule has 1 amide bonds. The number of hydrogen-bond donors (Lipinski definition) is 0. The molecule has 0 saturated carbocycles. The molecule has 0 bridgehead atoms. The normalized spacial score (nSPS) is 30.8. The fourth-order valence-electron chi connectivity index (χ4n) is 4.35. The van der Waals surface area contributed by atoms with E-state index in [0.29, 0.717) is 11.5 Å². The van der Waals surface area contributed by atoms with Gasteiger partial charge in [0.1, 0.15) is 0 Å². The summed E-state index contributed by atoms with van der Waals surface area (Å²) in [5.74, 6) is 0.521. The standard InChI is InChI=1S/C19H27N3O3/c1-14-4-5-15(11-20-14)19(23)22-12-16-3-2-8-25-18(16)17(13-22)21-6-9-24-10-7-21/h4-5,11,16-18H,2-3,6-10,12-13H2,1H3/t16-,17+,18-/m0/s1. The Hall–Kier alpha value is -1.50. The Labute approximate surface area is 149 Å². The van der Waals surface area contributed by atoms with Gasteiger partial charge in [-0.25, -0.2) is 0 Å². The Morgan fingerprint density at radius 1 is 1.20 bits per heavy atom. The quantitative estimate of drug-likeness (QED) is 0.810. The fourth-order valence-corrected chi connectivity index (χ4v) is 4.35. The number of hydrogen-bond acceptors (Lipinski definition) is 5. The minimum atomic E-state index is 0.0924. The molecule has 3 aliphatic heterocycles. The molecule has 3 saturated heterocycles. The molecule has 0 unspecified atom stereocenters. The Morgan fingerprint density at radius 2 is 2.04 bits per heavy atom. The van der Waals surface area contributed by atoms with E-state index in [1.165, 1.54) is 0 Å². The van der Waals surface area contributed by atoms with Gasteiger partial charge < -0.3 is 14.4 Å². The summed E-state index contributed by atoms with van der Waals surface area (Å²) < 4.78 is 11.7. The van der Waals surface area contributed by atoms with E-state index in [2.05, 4.69) is 9.88 Å². The van der Waals surface area contributed by atoms with Gasteiger partial charge in [0.05, 0.1) is 30.9 Å². The molecule has 3 atom stereocenters. The molecule has 4 heterocycles. The molecule has 3 fully saturated rings. The molecule has 0 aliphatic carbocycles. The van der Waals surface area contributed by atoms with Crippen LogP contribution in [0, 0.1) is 12.8 Å². The Kier molecular flexibility index (Phi) is 5.01. The molecule has 4 rings (SSSR count). The van der Waals surface area contributed by atoms with E-state index in [1.54, 1.807) is 6.20 Å². The molecule has 6 heteroatoms. The van der Waals surface area contributed by atoms with Crippen molar-refractivity contribution in [3.8, 4) is 0 Å². The maximum Gasteiger partial charge on any atom is 0.255 e. The van der Waals surface area contributed by atoms with Gasteiger partial charge in [0.2, 0.25) is 0 Å². The van der Waals surface area contributed by atoms with Gasteiger partial charge in [-0.15, -0.1) is 0 Å². The van der Waals surface area contributed by atoms with Gasteiger partial charge in [0.15, 0.2) is 0 Å². The first-order valence-electron chi connectivity index (χ1n) is 9.38. The number of ether oxygens (including phenoxy) is 2. The van der Waals surface area contributed by atoms with Crippen LogP contribution in [0.5, 0.6) is 0 Å². The second-order valence-corrected chi connectivity index (χ2v) is 7.35. The van der Waals surface area contributed by atoms with Crippen LogP contribution in [-0.4, -0.2) is 78.8 Å². The molecular weight excluding hydrogens is 318 g/mol. The number of rotatable bonds is 2. The predicted octanol–water partition coefficient (Wildman–Crippen LogP) is 1.34. The molecule has 1 aromatic rings. The number of fused-ring (bicyclic) bond motifs is 1. The number of carbonyl (C=O) groups excluding carboxylic acids is 1. The highest BCUT2D eigenvalue weighted by atomic mass is 16.5. The molecule has 0 aromatic carbocycles. The van der Waals surface area contributed by atoms with Crippen LogP contribution >= 0.6 is 0 Å². The first kappa shape index (κ1) is 16.9. The molecular formula is C19H27N3O3. The average Bonchev–Trinajstić information content (AvgIpc) is 2.68. The smallest absolute Gasteiger partial charge is 0.255 e. The van der Waals surface area contributed by atoms with Gasteiger partial charge >= 0.3 is 0 Å². The second-order valence-electron chi connectivity index (χ2n) is 7.35. The van der Waals surface area contributed by atoms with Crippen LogP contribution in [0.4, 0.5) is 0 Å². The zero-order valence-electron chi connectivity index (χ0n) is 14.9. The molecule has 0 N–H and O–H groups in total. The number of carbonyl (C=O) groups is 1. The summed E-state index contributed by atoms with van der Waals surface area (Å²) in [7, 11) is 0. The molecule has 0 spiro atoms. The van der Waals surface area contributed by atoms with Gasteiger partial charge in [-0.2, -0.15) is 0 Å². The number of nitrogens with zero attached hydrogens (tertiary/aromatic N) is 3. The third-order valence-electron chi connectivity index (χ3n) is 5.70. The third kappa shape index (κ3) is 3.57. The van der Waals surface area contributed by atoms with Gasteiger partial charge in [-0.3, -0.25) is 14.7 Å². The number of piperidine rings is 1. The van der Waals surface area contributed by atoms with Crippen LogP contribution in [0.2, 0.25) is 0 Å². The first-order chi connectivity index (χ1) is 12.2. The number of pyridine rings is 1. The van der Waals surface area contributed by atoms with Crippen molar-refractivity contribution in [2.45, 2.75) is 31.9 Å². The Balaban J connectivity index is 1.54. The molecule has 25 heavy (non-hydrogen) atoms. The summed E-state index contributed by atoms with van der Waals surface area (Å²) in [5.41, 5.74) is 1.61. The minimum absolute atomic E-state index is 0.0924. The Bertz CT molecular complexity index is 600. The van der Waals surface area contributed by atoms with Crippen LogP contribution in [0.3, 0.4) is 0 Å². The third-order valence-corrected chi connectivity index (χ3v) is 5.70. The Morgan fingerprint density at radius 3 is 2.80 bits per heavy atom. The fraction of sp³-hybridized carbons (Fsp3) is 0.684. The van der Waals surface area contributed by atoms with Crippen LogP contribution in [-0.2, 0) is 9.47 Å². The first-order valence-corrected chi connectivity index (χ1v) is 9.38. The average molecular weight is 345 g/mol. The lowest BCUT2D eigenvalue weighted by Crippen LogP contribution is -2.63. The van der Waals surface area contributed by atoms with E-state index in [9.17, 15) is 4.79 Å². The van der Waals surface area contributed by atoms with Crippen molar-refractivity contribution in [3.05, 3.63) is 29.6 Å². The van der Waals surface area contributed by atoms with Crippen molar-refractivity contribution in [2.24, 2.45) is 5.92 Å². The van der Waals surface area contributed by atoms with Crippen molar-refractivity contribution in [2.75, 3.05) is 46.0 Å². The predicted molar refractivity (Wildman–Crippen MR) is 93.5 cm³/mol. The van der Waals surface area contributed by atoms with E-state index in [4.69, 9.17) is 9.47 Å². The van der Waals surface area contributed by atoms with Crippen LogP contribution in [0.15, 0.2) is 18.3 Å². The zero-order chi connectivity index (χ0) is 17.2. The number of amides is 1. The van der Waals surface area contributed by atoms with Crippen LogP contribution in [0.25, 0.3) is 0 Å². The topological polar surface area (TPSA) is 54.9 Å². The molecule has 136 valence electrons. The van der Waals surface area contributed by atoms with Gasteiger partial charge in [0, 0.05) is 50.6 Å². The lowest BCUT2D eigenvalue weighted by molar-refractivity contribution is -0.121.